The summed E-state index contributed by atoms with van der Waals surface area (Å²) in [6, 6.07) is 78.7. The molecule has 0 bridgehead atoms. The Morgan fingerprint density at radius 2 is 0.932 bits per heavy atom. The molecular formula is C56H36N2O. The number of benzene rings is 9. The van der Waals surface area contributed by atoms with E-state index >= 15 is 0 Å². The Morgan fingerprint density at radius 3 is 1.75 bits per heavy atom. The maximum atomic E-state index is 6.42. The Kier molecular flexibility index (Phi) is 7.54. The SMILES string of the molecule is c1ccc(-c2c3c(-c4ccc(N(c5ccc(-c6cccc7ccccc67)cc5)c5cccc6oc7ccccc7c56)cc4)cccc3n3c2ccc2ccccc23)cc1. The number of fused-ring (bicyclic) bond motifs is 9. The molecular weight excluding hydrogens is 717 g/mol. The highest BCUT2D eigenvalue weighted by molar-refractivity contribution is 6.15. The van der Waals surface area contributed by atoms with Crippen molar-refractivity contribution in [1.82, 2.24) is 4.40 Å². The third-order valence-electron chi connectivity index (χ3n) is 12.0. The molecule has 0 unspecified atom stereocenters. The molecule has 0 fully saturated rings. The van der Waals surface area contributed by atoms with Gasteiger partial charge in [-0.05, 0) is 105 Å². The van der Waals surface area contributed by atoms with Gasteiger partial charge in [-0.1, -0.05) is 158 Å². The van der Waals surface area contributed by atoms with Gasteiger partial charge in [-0.2, -0.15) is 0 Å². The number of nitrogens with zero attached hydrogens (tertiary/aromatic N) is 2. The van der Waals surface area contributed by atoms with Crippen LogP contribution in [0.1, 0.15) is 0 Å². The summed E-state index contributed by atoms with van der Waals surface area (Å²) in [4.78, 5) is 2.37. The van der Waals surface area contributed by atoms with Crippen molar-refractivity contribution in [3.05, 3.63) is 218 Å². The second-order valence-corrected chi connectivity index (χ2v) is 15.3. The molecule has 59 heavy (non-hydrogen) atoms. The third-order valence-corrected chi connectivity index (χ3v) is 12.0. The first-order chi connectivity index (χ1) is 29.3. The van der Waals surface area contributed by atoms with Crippen molar-refractivity contribution < 1.29 is 4.42 Å². The van der Waals surface area contributed by atoms with Gasteiger partial charge in [0.25, 0.3) is 0 Å². The molecule has 0 aliphatic rings. The van der Waals surface area contributed by atoms with Gasteiger partial charge in [-0.25, -0.2) is 0 Å². The van der Waals surface area contributed by atoms with E-state index in [1.165, 1.54) is 65.9 Å². The average Bonchev–Trinajstić information content (AvgIpc) is 3.87. The summed E-state index contributed by atoms with van der Waals surface area (Å²) in [6.07, 6.45) is 0. The smallest absolute Gasteiger partial charge is 0.137 e. The number of rotatable bonds is 6. The topological polar surface area (TPSA) is 20.8 Å². The van der Waals surface area contributed by atoms with Crippen molar-refractivity contribution in [1.29, 1.82) is 0 Å². The normalized spacial score (nSPS) is 11.7. The van der Waals surface area contributed by atoms with Crippen LogP contribution < -0.4 is 4.90 Å². The van der Waals surface area contributed by atoms with Crippen LogP contribution >= 0.6 is 0 Å². The Balaban J connectivity index is 1.04. The standard InChI is InChI=1S/C56H36N2O/c1-2-15-41(16-3-1)54-51-36-31-40-14-5-8-22-48(40)58(51)50-23-11-21-46(56(50)54)39-29-34-43(35-30-39)57(49-24-12-26-53-55(49)47-19-7-9-25-52(47)59-53)42-32-27-38(28-33-42)45-20-10-17-37-13-4-6-18-44(37)45/h1-36H. The predicted molar refractivity (Wildman–Crippen MR) is 248 cm³/mol. The second-order valence-electron chi connectivity index (χ2n) is 15.3. The summed E-state index contributed by atoms with van der Waals surface area (Å²) in [5.74, 6) is 0. The summed E-state index contributed by atoms with van der Waals surface area (Å²) >= 11 is 0. The predicted octanol–water partition coefficient (Wildman–Crippen LogP) is 15.8. The van der Waals surface area contributed by atoms with Gasteiger partial charge in [0.2, 0.25) is 0 Å². The number of aromatic nitrogens is 1. The second kappa shape index (κ2) is 13.4. The third kappa shape index (κ3) is 5.29. The Bertz CT molecular complexity index is 3540. The summed E-state index contributed by atoms with van der Waals surface area (Å²) in [5.41, 5.74) is 15.8. The summed E-state index contributed by atoms with van der Waals surface area (Å²) in [7, 11) is 0. The van der Waals surface area contributed by atoms with Gasteiger partial charge in [-0.3, -0.25) is 0 Å². The van der Waals surface area contributed by atoms with Crippen LogP contribution in [-0.2, 0) is 0 Å². The minimum atomic E-state index is 0.867. The number of para-hydroxylation sites is 2. The molecule has 276 valence electrons. The number of anilines is 3. The molecule has 9 aromatic carbocycles. The average molecular weight is 753 g/mol. The van der Waals surface area contributed by atoms with E-state index in [9.17, 15) is 0 Å². The minimum Gasteiger partial charge on any atom is -0.456 e. The summed E-state index contributed by atoms with van der Waals surface area (Å²) in [6.45, 7) is 0. The van der Waals surface area contributed by atoms with Gasteiger partial charge in [0.05, 0.1) is 27.6 Å². The fourth-order valence-corrected chi connectivity index (χ4v) is 9.34. The molecule has 0 aliphatic heterocycles. The number of hydrogen-bond donors (Lipinski definition) is 0. The van der Waals surface area contributed by atoms with Crippen molar-refractivity contribution >= 4 is 77.1 Å². The van der Waals surface area contributed by atoms with Crippen LogP contribution in [0.5, 0.6) is 0 Å². The van der Waals surface area contributed by atoms with Crippen LogP contribution in [-0.4, -0.2) is 4.40 Å². The first kappa shape index (κ1) is 33.3. The lowest BCUT2D eigenvalue weighted by atomic mass is 9.95. The lowest BCUT2D eigenvalue weighted by molar-refractivity contribution is 0.669. The molecule has 0 amide bonds. The summed E-state index contributed by atoms with van der Waals surface area (Å²) in [5, 5.41) is 7.15. The Morgan fingerprint density at radius 1 is 0.339 bits per heavy atom. The van der Waals surface area contributed by atoms with Crippen LogP contribution in [0, 0.1) is 0 Å². The molecule has 3 aromatic heterocycles. The molecule has 12 aromatic rings. The maximum Gasteiger partial charge on any atom is 0.137 e. The fraction of sp³-hybridized carbons (Fsp3) is 0. The number of pyridine rings is 1. The first-order valence-electron chi connectivity index (χ1n) is 20.2. The van der Waals surface area contributed by atoms with E-state index in [1.807, 2.05) is 6.07 Å². The number of furan rings is 1. The van der Waals surface area contributed by atoms with Gasteiger partial charge < -0.3 is 13.7 Å². The molecule has 0 aliphatic carbocycles. The largest absolute Gasteiger partial charge is 0.456 e. The van der Waals surface area contributed by atoms with Crippen LogP contribution in [0.25, 0.3) is 93.4 Å². The number of hydrogen-bond acceptors (Lipinski definition) is 2. The van der Waals surface area contributed by atoms with Gasteiger partial charge in [0.15, 0.2) is 0 Å². The molecule has 0 atom stereocenters. The van der Waals surface area contributed by atoms with Gasteiger partial charge in [-0.15, -0.1) is 0 Å². The fourth-order valence-electron chi connectivity index (χ4n) is 9.34. The molecule has 0 N–H and O–H groups in total. The summed E-state index contributed by atoms with van der Waals surface area (Å²) < 4.78 is 8.86. The molecule has 0 saturated heterocycles. The van der Waals surface area contributed by atoms with Crippen molar-refractivity contribution in [2.24, 2.45) is 0 Å². The zero-order valence-corrected chi connectivity index (χ0v) is 32.1. The monoisotopic (exact) mass is 752 g/mol. The Labute approximate surface area is 341 Å². The highest BCUT2D eigenvalue weighted by atomic mass is 16.3. The van der Waals surface area contributed by atoms with Crippen LogP contribution in [0.4, 0.5) is 17.1 Å². The minimum absolute atomic E-state index is 0.867. The van der Waals surface area contributed by atoms with Crippen molar-refractivity contribution in [3.8, 4) is 33.4 Å². The van der Waals surface area contributed by atoms with Crippen LogP contribution in [0.2, 0.25) is 0 Å². The van der Waals surface area contributed by atoms with Crippen molar-refractivity contribution in [3.63, 3.8) is 0 Å². The van der Waals surface area contributed by atoms with E-state index in [4.69, 9.17) is 4.42 Å². The van der Waals surface area contributed by atoms with Crippen molar-refractivity contribution in [2.75, 3.05) is 4.90 Å². The van der Waals surface area contributed by atoms with Crippen LogP contribution in [0.15, 0.2) is 223 Å². The molecule has 12 rings (SSSR count). The zero-order chi connectivity index (χ0) is 38.9. The highest BCUT2D eigenvalue weighted by Crippen LogP contribution is 2.46. The van der Waals surface area contributed by atoms with E-state index in [-0.39, 0.29) is 0 Å². The first-order valence-corrected chi connectivity index (χ1v) is 20.2. The quantitative estimate of drug-likeness (QED) is 0.169. The van der Waals surface area contributed by atoms with Gasteiger partial charge >= 0.3 is 0 Å². The lowest BCUT2D eigenvalue weighted by Crippen LogP contribution is -2.10. The zero-order valence-electron chi connectivity index (χ0n) is 32.1. The molecule has 0 radical (unpaired) electrons. The van der Waals surface area contributed by atoms with E-state index < -0.39 is 0 Å². The van der Waals surface area contributed by atoms with Gasteiger partial charge in [0, 0.05) is 27.7 Å². The molecule has 3 heterocycles. The highest BCUT2D eigenvalue weighted by Gasteiger charge is 2.22. The van der Waals surface area contributed by atoms with E-state index in [0.29, 0.717) is 0 Å². The molecule has 3 nitrogen and oxygen atoms in total. The van der Waals surface area contributed by atoms with E-state index in [0.717, 1.165) is 44.6 Å². The molecule has 0 spiro atoms. The van der Waals surface area contributed by atoms with Gasteiger partial charge in [0.1, 0.15) is 11.2 Å². The Hall–Kier alpha value is -7.88. The molecule has 0 saturated carbocycles. The lowest BCUT2D eigenvalue weighted by Gasteiger charge is -2.27. The maximum absolute atomic E-state index is 6.42. The van der Waals surface area contributed by atoms with E-state index in [2.05, 4.69) is 222 Å². The van der Waals surface area contributed by atoms with E-state index in [1.54, 1.807) is 0 Å². The van der Waals surface area contributed by atoms with Crippen molar-refractivity contribution in [2.45, 2.75) is 0 Å². The molecule has 3 heteroatoms. The van der Waals surface area contributed by atoms with Crippen LogP contribution in [0.3, 0.4) is 0 Å².